The lowest BCUT2D eigenvalue weighted by Gasteiger charge is -1.97. The molecule has 2 aromatic rings. The van der Waals surface area contributed by atoms with Gasteiger partial charge in [-0.05, 0) is 22.0 Å². The molecule has 0 aliphatic carbocycles. The Balaban J connectivity index is 2.89. The fourth-order valence-corrected chi connectivity index (χ4v) is 1.76. The van der Waals surface area contributed by atoms with E-state index in [1.165, 1.54) is 6.33 Å². The normalized spacial score (nSPS) is 10.5. The molecule has 0 aromatic carbocycles. The molecule has 0 spiro atoms. The van der Waals surface area contributed by atoms with Gasteiger partial charge in [0, 0.05) is 4.47 Å². The van der Waals surface area contributed by atoms with Crippen LogP contribution in [0.5, 0.6) is 0 Å². The molecule has 0 aliphatic rings. The molecule has 0 amide bonds. The van der Waals surface area contributed by atoms with Gasteiger partial charge >= 0.3 is 0 Å². The van der Waals surface area contributed by atoms with Crippen molar-refractivity contribution in [3.63, 3.8) is 0 Å². The predicted octanol–water partition coefficient (Wildman–Crippen LogP) is 2.44. The molecule has 60 valence electrons. The maximum absolute atomic E-state index is 5.73. The van der Waals surface area contributed by atoms with Gasteiger partial charge in [-0.25, -0.2) is 15.0 Å². The second kappa shape index (κ2) is 2.95. The third-order valence-corrected chi connectivity index (χ3v) is 2.19. The van der Waals surface area contributed by atoms with E-state index in [9.17, 15) is 0 Å². The highest BCUT2D eigenvalue weighted by molar-refractivity contribution is 9.10. The van der Waals surface area contributed by atoms with Gasteiger partial charge in [0.05, 0.1) is 6.20 Å². The van der Waals surface area contributed by atoms with Crippen molar-refractivity contribution in [3.8, 4) is 0 Å². The molecule has 2 heterocycles. The summed E-state index contributed by atoms with van der Waals surface area (Å²) in [6.45, 7) is 0. The molecule has 0 fully saturated rings. The molecule has 0 aliphatic heterocycles. The molecule has 2 rings (SSSR count). The predicted molar refractivity (Wildman–Crippen MR) is 50.0 cm³/mol. The molecule has 0 atom stereocenters. The van der Waals surface area contributed by atoms with Gasteiger partial charge in [-0.2, -0.15) is 0 Å². The van der Waals surface area contributed by atoms with E-state index in [1.807, 2.05) is 0 Å². The van der Waals surface area contributed by atoms with E-state index in [1.54, 1.807) is 12.3 Å². The molecule has 0 N–H and O–H groups in total. The van der Waals surface area contributed by atoms with E-state index in [-0.39, 0.29) is 0 Å². The maximum atomic E-state index is 5.73. The van der Waals surface area contributed by atoms with Crippen LogP contribution in [0.4, 0.5) is 0 Å². The quantitative estimate of drug-likeness (QED) is 0.668. The summed E-state index contributed by atoms with van der Waals surface area (Å²) in [5, 5.41) is 0.434. The van der Waals surface area contributed by atoms with E-state index < -0.39 is 0 Å². The lowest BCUT2D eigenvalue weighted by Crippen LogP contribution is -1.86. The van der Waals surface area contributed by atoms with Gasteiger partial charge in [-0.15, -0.1) is 0 Å². The molecular formula is C7H3BrClN3. The lowest BCUT2D eigenvalue weighted by atomic mass is 10.4. The molecule has 0 unspecified atom stereocenters. The van der Waals surface area contributed by atoms with Crippen molar-refractivity contribution in [2.45, 2.75) is 0 Å². The van der Waals surface area contributed by atoms with Crippen molar-refractivity contribution in [1.82, 2.24) is 15.0 Å². The Hall–Kier alpha value is -0.740. The third-order valence-electron chi connectivity index (χ3n) is 1.39. The van der Waals surface area contributed by atoms with Gasteiger partial charge in [-0.3, -0.25) is 0 Å². The van der Waals surface area contributed by atoms with Crippen LogP contribution in [-0.2, 0) is 0 Å². The van der Waals surface area contributed by atoms with Crippen molar-refractivity contribution in [3.05, 3.63) is 28.2 Å². The summed E-state index contributed by atoms with van der Waals surface area (Å²) in [4.78, 5) is 11.9. The first-order valence-electron chi connectivity index (χ1n) is 3.19. The van der Waals surface area contributed by atoms with Crippen LogP contribution in [-0.4, -0.2) is 15.0 Å². The lowest BCUT2D eigenvalue weighted by molar-refractivity contribution is 1.19. The molecular weight excluding hydrogens is 241 g/mol. The van der Waals surface area contributed by atoms with Crippen molar-refractivity contribution in [1.29, 1.82) is 0 Å². The van der Waals surface area contributed by atoms with Crippen LogP contribution in [0.15, 0.2) is 23.1 Å². The van der Waals surface area contributed by atoms with E-state index in [4.69, 9.17) is 11.6 Å². The SMILES string of the molecule is Clc1cc(Br)c2ncncc2n1. The van der Waals surface area contributed by atoms with Crippen molar-refractivity contribution < 1.29 is 0 Å². The van der Waals surface area contributed by atoms with E-state index in [0.717, 1.165) is 9.99 Å². The maximum Gasteiger partial charge on any atom is 0.131 e. The summed E-state index contributed by atoms with van der Waals surface area (Å²) in [6, 6.07) is 1.71. The molecule has 0 radical (unpaired) electrons. The first kappa shape index (κ1) is 7.89. The summed E-state index contributed by atoms with van der Waals surface area (Å²) in [7, 11) is 0. The zero-order valence-corrected chi connectivity index (χ0v) is 8.17. The monoisotopic (exact) mass is 243 g/mol. The Morgan fingerprint density at radius 2 is 2.25 bits per heavy atom. The topological polar surface area (TPSA) is 38.7 Å². The van der Waals surface area contributed by atoms with Crippen LogP contribution in [0.1, 0.15) is 0 Å². The van der Waals surface area contributed by atoms with Crippen molar-refractivity contribution in [2.24, 2.45) is 0 Å². The highest BCUT2D eigenvalue weighted by atomic mass is 79.9. The molecule has 12 heavy (non-hydrogen) atoms. The van der Waals surface area contributed by atoms with Crippen LogP contribution in [0, 0.1) is 0 Å². The van der Waals surface area contributed by atoms with Gasteiger partial charge in [0.25, 0.3) is 0 Å². The second-order valence-corrected chi connectivity index (χ2v) is 3.42. The Morgan fingerprint density at radius 3 is 3.08 bits per heavy atom. The minimum absolute atomic E-state index is 0.434. The molecule has 2 aromatic heterocycles. The molecule has 0 bridgehead atoms. The van der Waals surface area contributed by atoms with Crippen molar-refractivity contribution >= 4 is 38.6 Å². The summed E-state index contributed by atoms with van der Waals surface area (Å²) >= 11 is 9.06. The number of rotatable bonds is 0. The number of aromatic nitrogens is 3. The summed E-state index contributed by atoms with van der Waals surface area (Å²) in [5.74, 6) is 0. The molecule has 0 saturated carbocycles. The van der Waals surface area contributed by atoms with Gasteiger partial charge in [0.1, 0.15) is 22.5 Å². The van der Waals surface area contributed by atoms with Gasteiger partial charge in [-0.1, -0.05) is 11.6 Å². The number of nitrogens with zero attached hydrogens (tertiary/aromatic N) is 3. The first-order valence-corrected chi connectivity index (χ1v) is 4.36. The standard InChI is InChI=1S/C7H3BrClN3/c8-4-1-6(9)12-5-2-10-3-11-7(4)5/h1-3H. The first-order chi connectivity index (χ1) is 5.77. The molecule has 0 saturated heterocycles. The van der Waals surface area contributed by atoms with Crippen LogP contribution in [0.3, 0.4) is 0 Å². The average molecular weight is 244 g/mol. The second-order valence-electron chi connectivity index (χ2n) is 2.18. The van der Waals surface area contributed by atoms with E-state index in [0.29, 0.717) is 10.7 Å². The van der Waals surface area contributed by atoms with Crippen LogP contribution in [0.25, 0.3) is 11.0 Å². The van der Waals surface area contributed by atoms with Crippen molar-refractivity contribution in [2.75, 3.05) is 0 Å². The highest BCUT2D eigenvalue weighted by Gasteiger charge is 2.02. The minimum atomic E-state index is 0.434. The van der Waals surface area contributed by atoms with E-state index in [2.05, 4.69) is 30.9 Å². The Bertz CT molecular complexity index is 432. The Labute approximate surface area is 81.9 Å². The number of hydrogen-bond acceptors (Lipinski definition) is 3. The number of pyridine rings is 1. The van der Waals surface area contributed by atoms with Crippen LogP contribution >= 0.6 is 27.5 Å². The van der Waals surface area contributed by atoms with E-state index >= 15 is 0 Å². The van der Waals surface area contributed by atoms with Gasteiger partial charge in [0.15, 0.2) is 0 Å². The van der Waals surface area contributed by atoms with Crippen LogP contribution < -0.4 is 0 Å². The number of halogens is 2. The summed E-state index contributed by atoms with van der Waals surface area (Å²) < 4.78 is 0.833. The Morgan fingerprint density at radius 1 is 1.42 bits per heavy atom. The minimum Gasteiger partial charge on any atom is -0.243 e. The highest BCUT2D eigenvalue weighted by Crippen LogP contribution is 2.22. The average Bonchev–Trinajstić information content (AvgIpc) is 2.04. The van der Waals surface area contributed by atoms with Gasteiger partial charge < -0.3 is 0 Å². The van der Waals surface area contributed by atoms with Crippen LogP contribution in [0.2, 0.25) is 5.15 Å². The fraction of sp³-hybridized carbons (Fsp3) is 0. The Kier molecular flexibility index (Phi) is 1.94. The third kappa shape index (κ3) is 1.28. The fourth-order valence-electron chi connectivity index (χ4n) is 0.908. The summed E-state index contributed by atoms with van der Waals surface area (Å²) in [5.41, 5.74) is 1.46. The largest absolute Gasteiger partial charge is 0.243 e. The summed E-state index contributed by atoms with van der Waals surface area (Å²) in [6.07, 6.45) is 3.10. The number of hydrogen-bond donors (Lipinski definition) is 0. The number of fused-ring (bicyclic) bond motifs is 1. The molecule has 3 nitrogen and oxygen atoms in total. The molecule has 5 heteroatoms. The zero-order chi connectivity index (χ0) is 8.55. The zero-order valence-electron chi connectivity index (χ0n) is 5.83. The van der Waals surface area contributed by atoms with Gasteiger partial charge in [0.2, 0.25) is 0 Å². The smallest absolute Gasteiger partial charge is 0.131 e.